The molecule has 4 aromatic carbocycles. The monoisotopic (exact) mass is 520 g/mol. The quantitative estimate of drug-likeness (QED) is 0.245. The van der Waals surface area contributed by atoms with Gasteiger partial charge < -0.3 is 4.57 Å². The Balaban J connectivity index is 1.68. The van der Waals surface area contributed by atoms with E-state index in [1.54, 1.807) is 11.8 Å². The maximum Gasteiger partial charge on any atom is 0.156 e. The van der Waals surface area contributed by atoms with Gasteiger partial charge in [-0.2, -0.15) is 0 Å². The molecule has 170 valence electrons. The standard InChI is InChI=1S/C29H23Cl2OPS/c30-23-17-15-21(16-18-23)22-19-27(26-13-7-8-14-28(26)31)29(34-20-22)33(32,24-9-3-1-4-10-24)25-11-5-2-6-12-25/h1-18,20,27,29H,19H2/t27-,29+/m1/s1. The zero-order valence-electron chi connectivity index (χ0n) is 18.4. The normalized spacial score (nSPS) is 18.4. The van der Waals surface area contributed by atoms with Crippen molar-refractivity contribution in [1.82, 2.24) is 0 Å². The molecule has 0 radical (unpaired) electrons. The highest BCUT2D eigenvalue weighted by molar-refractivity contribution is 8.11. The Morgan fingerprint density at radius 1 is 0.706 bits per heavy atom. The van der Waals surface area contributed by atoms with Gasteiger partial charge in [0.2, 0.25) is 0 Å². The van der Waals surface area contributed by atoms with Crippen molar-refractivity contribution in [3.63, 3.8) is 0 Å². The Labute approximate surface area is 215 Å². The van der Waals surface area contributed by atoms with E-state index in [0.29, 0.717) is 10.0 Å². The molecule has 1 nitrogen and oxygen atoms in total. The smallest absolute Gasteiger partial charge is 0.156 e. The Bertz CT molecular complexity index is 1310. The molecule has 0 bridgehead atoms. The summed E-state index contributed by atoms with van der Waals surface area (Å²) in [5.41, 5.74) is 3.37. The van der Waals surface area contributed by atoms with Gasteiger partial charge in [0.15, 0.2) is 7.14 Å². The van der Waals surface area contributed by atoms with Gasteiger partial charge in [-0.1, -0.05) is 114 Å². The van der Waals surface area contributed by atoms with E-state index in [2.05, 4.69) is 11.5 Å². The van der Waals surface area contributed by atoms with Crippen molar-refractivity contribution in [2.45, 2.75) is 17.3 Å². The van der Waals surface area contributed by atoms with E-state index in [-0.39, 0.29) is 10.9 Å². The highest BCUT2D eigenvalue weighted by atomic mass is 35.5. The number of halogens is 2. The molecule has 0 saturated heterocycles. The zero-order valence-corrected chi connectivity index (χ0v) is 21.6. The van der Waals surface area contributed by atoms with Gasteiger partial charge >= 0.3 is 0 Å². The minimum absolute atomic E-state index is 0.0272. The molecule has 1 aliphatic heterocycles. The largest absolute Gasteiger partial charge is 0.312 e. The lowest BCUT2D eigenvalue weighted by atomic mass is 9.90. The van der Waals surface area contributed by atoms with Crippen LogP contribution in [0.3, 0.4) is 0 Å². The second kappa shape index (κ2) is 10.2. The van der Waals surface area contributed by atoms with Crippen LogP contribution in [-0.2, 0) is 4.57 Å². The maximum atomic E-state index is 15.2. The molecule has 0 fully saturated rings. The minimum atomic E-state index is -3.03. The van der Waals surface area contributed by atoms with Crippen molar-refractivity contribution in [3.8, 4) is 0 Å². The second-order valence-electron chi connectivity index (χ2n) is 8.34. The molecular formula is C29H23Cl2OPS. The van der Waals surface area contributed by atoms with Crippen molar-refractivity contribution in [1.29, 1.82) is 0 Å². The van der Waals surface area contributed by atoms with Crippen LogP contribution in [0.2, 0.25) is 10.0 Å². The van der Waals surface area contributed by atoms with E-state index in [4.69, 9.17) is 23.2 Å². The van der Waals surface area contributed by atoms with Crippen LogP contribution in [0.15, 0.2) is 115 Å². The third-order valence-electron chi connectivity index (χ3n) is 6.29. The summed E-state index contributed by atoms with van der Waals surface area (Å²) in [4.78, 5) is -0.187. The first-order chi connectivity index (χ1) is 16.6. The average Bonchev–Trinajstić information content (AvgIpc) is 2.90. The molecule has 0 saturated carbocycles. The summed E-state index contributed by atoms with van der Waals surface area (Å²) >= 11 is 14.5. The van der Waals surface area contributed by atoms with Gasteiger partial charge in [0, 0.05) is 26.6 Å². The molecule has 2 atom stereocenters. The van der Waals surface area contributed by atoms with Crippen LogP contribution in [0.5, 0.6) is 0 Å². The predicted molar refractivity (Wildman–Crippen MR) is 149 cm³/mol. The molecule has 0 spiro atoms. The van der Waals surface area contributed by atoms with Gasteiger partial charge in [-0.05, 0) is 46.7 Å². The summed E-state index contributed by atoms with van der Waals surface area (Å²) in [5.74, 6) is -0.0272. The molecule has 5 heteroatoms. The number of hydrogen-bond acceptors (Lipinski definition) is 2. The lowest BCUT2D eigenvalue weighted by Crippen LogP contribution is -2.30. The lowest BCUT2D eigenvalue weighted by Gasteiger charge is -2.37. The number of hydrogen-bond donors (Lipinski definition) is 0. The Hall–Kier alpha value is -2.22. The first kappa shape index (κ1) is 23.5. The van der Waals surface area contributed by atoms with Gasteiger partial charge in [0.05, 0.1) is 4.99 Å². The average molecular weight is 521 g/mol. The fourth-order valence-electron chi connectivity index (χ4n) is 4.60. The fourth-order valence-corrected chi connectivity index (χ4v) is 10.5. The van der Waals surface area contributed by atoms with Crippen LogP contribution in [0.25, 0.3) is 5.57 Å². The molecular weight excluding hydrogens is 498 g/mol. The van der Waals surface area contributed by atoms with Crippen molar-refractivity contribution < 1.29 is 4.57 Å². The second-order valence-corrected chi connectivity index (χ2v) is 13.5. The van der Waals surface area contributed by atoms with Gasteiger partial charge in [-0.15, -0.1) is 11.8 Å². The number of allylic oxidation sites excluding steroid dienone is 1. The van der Waals surface area contributed by atoms with E-state index in [1.165, 1.54) is 5.57 Å². The van der Waals surface area contributed by atoms with E-state index < -0.39 is 7.14 Å². The summed E-state index contributed by atoms with van der Waals surface area (Å²) in [6.45, 7) is 0. The van der Waals surface area contributed by atoms with Crippen LogP contribution in [0, 0.1) is 0 Å². The Kier molecular flexibility index (Phi) is 7.04. The third-order valence-corrected chi connectivity index (χ3v) is 12.4. The maximum absolute atomic E-state index is 15.2. The molecule has 0 aromatic heterocycles. The number of rotatable bonds is 5. The van der Waals surface area contributed by atoms with Crippen molar-refractivity contribution in [2.24, 2.45) is 0 Å². The summed E-state index contributed by atoms with van der Waals surface area (Å²) in [6, 6.07) is 35.7. The van der Waals surface area contributed by atoms with E-state index in [0.717, 1.165) is 28.2 Å². The van der Waals surface area contributed by atoms with Crippen molar-refractivity contribution >= 4 is 58.3 Å². The molecule has 0 N–H and O–H groups in total. The van der Waals surface area contributed by atoms with Gasteiger partial charge in [0.25, 0.3) is 0 Å². The third kappa shape index (κ3) is 4.53. The first-order valence-corrected chi connectivity index (χ1v) is 14.6. The van der Waals surface area contributed by atoms with Crippen LogP contribution in [-0.4, -0.2) is 4.99 Å². The van der Waals surface area contributed by atoms with Crippen molar-refractivity contribution in [2.75, 3.05) is 0 Å². The molecule has 0 amide bonds. The molecule has 0 unspecified atom stereocenters. The lowest BCUT2D eigenvalue weighted by molar-refractivity contribution is 0.578. The van der Waals surface area contributed by atoms with Gasteiger partial charge in [-0.25, -0.2) is 0 Å². The molecule has 1 heterocycles. The first-order valence-electron chi connectivity index (χ1n) is 11.1. The van der Waals surface area contributed by atoms with Gasteiger partial charge in [-0.3, -0.25) is 0 Å². The zero-order chi connectivity index (χ0) is 23.5. The van der Waals surface area contributed by atoms with Gasteiger partial charge in [0.1, 0.15) is 0 Å². The Morgan fingerprint density at radius 2 is 1.26 bits per heavy atom. The van der Waals surface area contributed by atoms with Crippen LogP contribution in [0.1, 0.15) is 23.5 Å². The van der Waals surface area contributed by atoms with Crippen molar-refractivity contribution in [3.05, 3.63) is 136 Å². The van der Waals surface area contributed by atoms with Crippen LogP contribution >= 0.6 is 42.1 Å². The predicted octanol–water partition coefficient (Wildman–Crippen LogP) is 8.60. The van der Waals surface area contributed by atoms with E-state index in [9.17, 15) is 0 Å². The molecule has 4 aromatic rings. The molecule has 5 rings (SSSR count). The summed E-state index contributed by atoms with van der Waals surface area (Å²) in [6.07, 6.45) is 0.743. The summed E-state index contributed by atoms with van der Waals surface area (Å²) < 4.78 is 15.2. The summed E-state index contributed by atoms with van der Waals surface area (Å²) in [7, 11) is -3.03. The van der Waals surface area contributed by atoms with Crippen LogP contribution in [0.4, 0.5) is 0 Å². The topological polar surface area (TPSA) is 17.1 Å². The molecule has 34 heavy (non-hydrogen) atoms. The fraction of sp³-hybridized carbons (Fsp3) is 0.103. The minimum Gasteiger partial charge on any atom is -0.312 e. The number of benzene rings is 4. The molecule has 0 aliphatic carbocycles. The number of thioether (sulfide) groups is 1. The van der Waals surface area contributed by atoms with E-state index >= 15 is 4.57 Å². The highest BCUT2D eigenvalue weighted by Gasteiger charge is 2.44. The molecule has 1 aliphatic rings. The SMILES string of the molecule is O=P(c1ccccc1)(c1ccccc1)[C@H]1SC=C(c2ccc(Cl)cc2)C[C@@H]1c1ccccc1Cl. The Morgan fingerprint density at radius 3 is 1.85 bits per heavy atom. The van der Waals surface area contributed by atoms with E-state index in [1.807, 2.05) is 103 Å². The highest BCUT2D eigenvalue weighted by Crippen LogP contribution is 2.62. The van der Waals surface area contributed by atoms with Crippen LogP contribution < -0.4 is 10.6 Å². The summed E-state index contributed by atoms with van der Waals surface area (Å²) in [5, 5.41) is 5.35.